The molecular weight excluding hydrogens is 202 g/mol. The van der Waals surface area contributed by atoms with Crippen LogP contribution in [0.5, 0.6) is 0 Å². The van der Waals surface area contributed by atoms with Gasteiger partial charge in [-0.2, -0.15) is 0 Å². The highest BCUT2D eigenvalue weighted by molar-refractivity contribution is 5.49. The second kappa shape index (κ2) is 4.32. The van der Waals surface area contributed by atoms with Gasteiger partial charge in [0.25, 0.3) is 0 Å². The van der Waals surface area contributed by atoms with Gasteiger partial charge in [0.15, 0.2) is 0 Å². The van der Waals surface area contributed by atoms with Crippen LogP contribution in [0.25, 0.3) is 5.69 Å². The molecule has 0 saturated heterocycles. The van der Waals surface area contributed by atoms with Crippen molar-refractivity contribution in [3.05, 3.63) is 36.2 Å². The maximum Gasteiger partial charge on any atom is 0.0781 e. The molecule has 0 aliphatic carbocycles. The Balaban J connectivity index is 2.35. The maximum absolute atomic E-state index is 5.60. The maximum atomic E-state index is 5.60. The van der Waals surface area contributed by atoms with Crippen LogP contribution in [0.1, 0.15) is 5.69 Å². The molecule has 0 unspecified atom stereocenters. The zero-order valence-electron chi connectivity index (χ0n) is 9.46. The second-order valence-electron chi connectivity index (χ2n) is 3.75. The molecule has 0 fully saturated rings. The highest BCUT2D eigenvalue weighted by atomic mass is 15.4. The van der Waals surface area contributed by atoms with Crippen molar-refractivity contribution in [1.82, 2.24) is 15.0 Å². The fraction of sp³-hybridized carbons (Fsp3) is 0.273. The Kier molecular flexibility index (Phi) is 2.87. The van der Waals surface area contributed by atoms with Crippen LogP contribution in [0.3, 0.4) is 0 Å². The van der Waals surface area contributed by atoms with Gasteiger partial charge >= 0.3 is 0 Å². The summed E-state index contributed by atoms with van der Waals surface area (Å²) in [5.41, 5.74) is 8.63. The lowest BCUT2D eigenvalue weighted by Crippen LogP contribution is -2.09. The predicted octanol–water partition coefficient (Wildman–Crippen LogP) is 0.792. The van der Waals surface area contributed by atoms with Crippen molar-refractivity contribution in [2.45, 2.75) is 6.54 Å². The van der Waals surface area contributed by atoms with Crippen LogP contribution in [0.2, 0.25) is 0 Å². The normalized spacial score (nSPS) is 10.4. The Labute approximate surface area is 94.5 Å². The minimum Gasteiger partial charge on any atom is -0.378 e. The molecule has 1 heterocycles. The third-order valence-corrected chi connectivity index (χ3v) is 2.44. The van der Waals surface area contributed by atoms with Crippen LogP contribution in [0.15, 0.2) is 30.5 Å². The third kappa shape index (κ3) is 1.90. The summed E-state index contributed by atoms with van der Waals surface area (Å²) in [4.78, 5) is 2.05. The van der Waals surface area contributed by atoms with Gasteiger partial charge in [-0.05, 0) is 24.3 Å². The standard InChI is InChI=1S/C11H15N5/c1-15(2)9-3-5-10(6-4-9)16-11(7-12)8-13-14-16/h3-6,8H,7,12H2,1-2H3. The Morgan fingerprint density at radius 3 is 2.50 bits per heavy atom. The molecule has 5 nitrogen and oxygen atoms in total. The number of rotatable bonds is 3. The van der Waals surface area contributed by atoms with Gasteiger partial charge in [-0.3, -0.25) is 0 Å². The largest absolute Gasteiger partial charge is 0.378 e. The molecule has 84 valence electrons. The Morgan fingerprint density at radius 1 is 1.25 bits per heavy atom. The zero-order valence-corrected chi connectivity index (χ0v) is 9.46. The molecular formula is C11H15N5. The summed E-state index contributed by atoms with van der Waals surface area (Å²) in [6.07, 6.45) is 1.68. The Bertz CT molecular complexity index is 457. The quantitative estimate of drug-likeness (QED) is 0.825. The van der Waals surface area contributed by atoms with Crippen molar-refractivity contribution in [3.63, 3.8) is 0 Å². The first-order valence-corrected chi connectivity index (χ1v) is 5.10. The molecule has 2 rings (SSSR count). The van der Waals surface area contributed by atoms with Crippen LogP contribution >= 0.6 is 0 Å². The van der Waals surface area contributed by atoms with E-state index in [2.05, 4.69) is 15.2 Å². The van der Waals surface area contributed by atoms with E-state index in [1.807, 2.05) is 38.4 Å². The zero-order chi connectivity index (χ0) is 11.5. The molecule has 0 bridgehead atoms. The van der Waals surface area contributed by atoms with Gasteiger partial charge in [0.2, 0.25) is 0 Å². The van der Waals surface area contributed by atoms with Gasteiger partial charge in [0.1, 0.15) is 0 Å². The van der Waals surface area contributed by atoms with E-state index in [9.17, 15) is 0 Å². The van der Waals surface area contributed by atoms with Crippen LogP contribution in [0, 0.1) is 0 Å². The van der Waals surface area contributed by atoms with Crippen LogP contribution < -0.4 is 10.6 Å². The fourth-order valence-corrected chi connectivity index (χ4v) is 1.50. The van der Waals surface area contributed by atoms with E-state index >= 15 is 0 Å². The van der Waals surface area contributed by atoms with E-state index < -0.39 is 0 Å². The second-order valence-corrected chi connectivity index (χ2v) is 3.75. The molecule has 0 aliphatic rings. The van der Waals surface area contributed by atoms with Gasteiger partial charge in [0.05, 0.1) is 17.6 Å². The Morgan fingerprint density at radius 2 is 1.94 bits per heavy atom. The summed E-state index contributed by atoms with van der Waals surface area (Å²) in [7, 11) is 4.02. The van der Waals surface area contributed by atoms with Crippen molar-refractivity contribution in [3.8, 4) is 5.69 Å². The van der Waals surface area contributed by atoms with Gasteiger partial charge in [-0.1, -0.05) is 5.21 Å². The lowest BCUT2D eigenvalue weighted by molar-refractivity contribution is 0.761. The molecule has 0 spiro atoms. The highest BCUT2D eigenvalue weighted by Crippen LogP contribution is 2.15. The van der Waals surface area contributed by atoms with E-state index in [4.69, 9.17) is 5.73 Å². The topological polar surface area (TPSA) is 60.0 Å². The summed E-state index contributed by atoms with van der Waals surface area (Å²) in [6, 6.07) is 8.08. The number of hydrogen-bond donors (Lipinski definition) is 1. The number of hydrogen-bond acceptors (Lipinski definition) is 4. The molecule has 0 amide bonds. The molecule has 2 aromatic rings. The fourth-order valence-electron chi connectivity index (χ4n) is 1.50. The average molecular weight is 217 g/mol. The molecule has 0 saturated carbocycles. The summed E-state index contributed by atoms with van der Waals surface area (Å²) in [5, 5.41) is 7.85. The number of nitrogens with zero attached hydrogens (tertiary/aromatic N) is 4. The van der Waals surface area contributed by atoms with Crippen molar-refractivity contribution in [1.29, 1.82) is 0 Å². The molecule has 0 atom stereocenters. The molecule has 1 aromatic heterocycles. The van der Waals surface area contributed by atoms with Gasteiger partial charge in [-0.25, -0.2) is 4.68 Å². The van der Waals surface area contributed by atoms with Crippen molar-refractivity contribution < 1.29 is 0 Å². The average Bonchev–Trinajstić information content (AvgIpc) is 2.77. The minimum absolute atomic E-state index is 0.433. The van der Waals surface area contributed by atoms with E-state index in [1.54, 1.807) is 10.9 Å². The summed E-state index contributed by atoms with van der Waals surface area (Å²) < 4.78 is 1.75. The first-order chi connectivity index (χ1) is 7.72. The molecule has 0 radical (unpaired) electrons. The molecule has 1 aromatic carbocycles. The Hall–Kier alpha value is -1.88. The number of anilines is 1. The summed E-state index contributed by atoms with van der Waals surface area (Å²) in [6.45, 7) is 0.433. The lowest BCUT2D eigenvalue weighted by atomic mass is 10.2. The van der Waals surface area contributed by atoms with Gasteiger partial charge in [0, 0.05) is 26.3 Å². The highest BCUT2D eigenvalue weighted by Gasteiger charge is 2.04. The first-order valence-electron chi connectivity index (χ1n) is 5.10. The van der Waals surface area contributed by atoms with E-state index in [0.29, 0.717) is 6.54 Å². The van der Waals surface area contributed by atoms with Crippen LogP contribution in [-0.4, -0.2) is 29.1 Å². The van der Waals surface area contributed by atoms with E-state index in [0.717, 1.165) is 17.1 Å². The monoisotopic (exact) mass is 217 g/mol. The van der Waals surface area contributed by atoms with Crippen LogP contribution in [0.4, 0.5) is 5.69 Å². The molecule has 0 aliphatic heterocycles. The molecule has 2 N–H and O–H groups in total. The summed E-state index contributed by atoms with van der Waals surface area (Å²) in [5.74, 6) is 0. The van der Waals surface area contributed by atoms with Crippen LogP contribution in [-0.2, 0) is 6.54 Å². The van der Waals surface area contributed by atoms with E-state index in [-0.39, 0.29) is 0 Å². The van der Waals surface area contributed by atoms with Crippen molar-refractivity contribution in [2.75, 3.05) is 19.0 Å². The smallest absolute Gasteiger partial charge is 0.0781 e. The van der Waals surface area contributed by atoms with Crippen molar-refractivity contribution in [2.24, 2.45) is 5.73 Å². The first kappa shape index (κ1) is 10.6. The third-order valence-electron chi connectivity index (χ3n) is 2.44. The van der Waals surface area contributed by atoms with E-state index in [1.165, 1.54) is 0 Å². The lowest BCUT2D eigenvalue weighted by Gasteiger charge is -2.12. The predicted molar refractivity (Wildman–Crippen MR) is 63.6 cm³/mol. The number of nitrogens with two attached hydrogens (primary N) is 1. The molecule has 5 heteroatoms. The number of aromatic nitrogens is 3. The van der Waals surface area contributed by atoms with Crippen molar-refractivity contribution >= 4 is 5.69 Å². The van der Waals surface area contributed by atoms with Gasteiger partial charge < -0.3 is 10.6 Å². The molecule has 16 heavy (non-hydrogen) atoms. The summed E-state index contributed by atoms with van der Waals surface area (Å²) >= 11 is 0. The van der Waals surface area contributed by atoms with Gasteiger partial charge in [-0.15, -0.1) is 5.10 Å². The number of benzene rings is 1. The minimum atomic E-state index is 0.433. The SMILES string of the molecule is CN(C)c1ccc(-n2nncc2CN)cc1.